The van der Waals surface area contributed by atoms with Gasteiger partial charge in [-0.2, -0.15) is 5.26 Å². The quantitative estimate of drug-likeness (QED) is 0.419. The highest BCUT2D eigenvalue weighted by Gasteiger charge is 2.28. The monoisotopic (exact) mass is 414 g/mol. The highest BCUT2D eigenvalue weighted by Crippen LogP contribution is 2.39. The van der Waals surface area contributed by atoms with Crippen molar-refractivity contribution in [1.29, 1.82) is 5.26 Å². The number of nitriles is 1. The second-order valence-corrected chi connectivity index (χ2v) is 9.37. The standard InChI is InChI=1S/C21H22N2O3S2/c1-12(2)26-21(25)18-16-6-4-5-7-17(16)28-20(18)23-19(24)14(11-22)10-15-9-8-13(3)27-15/h8-10,12H,4-7H2,1-3H3,(H,23,24)/b14-10+. The first-order valence-electron chi connectivity index (χ1n) is 9.24. The van der Waals surface area contributed by atoms with Crippen molar-refractivity contribution < 1.29 is 14.3 Å². The smallest absolute Gasteiger partial charge is 0.341 e. The molecule has 0 saturated heterocycles. The largest absolute Gasteiger partial charge is 0.459 e. The molecule has 3 rings (SSSR count). The fraction of sp³-hybridized carbons (Fsp3) is 0.381. The second kappa shape index (κ2) is 8.72. The van der Waals surface area contributed by atoms with Crippen molar-refractivity contribution in [3.63, 3.8) is 0 Å². The summed E-state index contributed by atoms with van der Waals surface area (Å²) in [5, 5.41) is 12.7. The Bertz CT molecular complexity index is 976. The van der Waals surface area contributed by atoms with E-state index in [1.807, 2.05) is 25.1 Å². The number of thiophene rings is 2. The van der Waals surface area contributed by atoms with Crippen LogP contribution in [0.25, 0.3) is 6.08 Å². The molecule has 1 amide bonds. The molecule has 146 valence electrons. The van der Waals surface area contributed by atoms with Crippen LogP contribution in [-0.2, 0) is 22.4 Å². The van der Waals surface area contributed by atoms with E-state index in [0.29, 0.717) is 10.6 Å². The molecule has 2 aromatic rings. The first kappa shape index (κ1) is 20.3. The van der Waals surface area contributed by atoms with E-state index in [-0.39, 0.29) is 11.7 Å². The molecule has 0 fully saturated rings. The zero-order valence-electron chi connectivity index (χ0n) is 16.1. The maximum atomic E-state index is 12.7. The molecule has 0 spiro atoms. The highest BCUT2D eigenvalue weighted by atomic mass is 32.1. The summed E-state index contributed by atoms with van der Waals surface area (Å²) in [7, 11) is 0. The Morgan fingerprint density at radius 1 is 1.25 bits per heavy atom. The van der Waals surface area contributed by atoms with Crippen LogP contribution in [-0.4, -0.2) is 18.0 Å². The molecule has 7 heteroatoms. The summed E-state index contributed by atoms with van der Waals surface area (Å²) >= 11 is 2.93. The van der Waals surface area contributed by atoms with Crippen molar-refractivity contribution in [3.05, 3.63) is 43.5 Å². The molecular weight excluding hydrogens is 392 g/mol. The van der Waals surface area contributed by atoms with Gasteiger partial charge in [0.1, 0.15) is 16.6 Å². The normalized spacial score (nSPS) is 13.8. The average molecular weight is 415 g/mol. The minimum atomic E-state index is -0.509. The number of fused-ring (bicyclic) bond motifs is 1. The van der Waals surface area contributed by atoms with E-state index in [4.69, 9.17) is 4.74 Å². The van der Waals surface area contributed by atoms with Gasteiger partial charge >= 0.3 is 5.97 Å². The van der Waals surface area contributed by atoms with Crippen molar-refractivity contribution in [1.82, 2.24) is 0 Å². The topological polar surface area (TPSA) is 79.2 Å². The molecule has 0 saturated carbocycles. The van der Waals surface area contributed by atoms with Crippen LogP contribution >= 0.6 is 22.7 Å². The summed E-state index contributed by atoms with van der Waals surface area (Å²) in [5.41, 5.74) is 1.44. The zero-order valence-corrected chi connectivity index (χ0v) is 17.8. The lowest BCUT2D eigenvalue weighted by Crippen LogP contribution is -2.18. The van der Waals surface area contributed by atoms with Crippen molar-refractivity contribution in [2.24, 2.45) is 0 Å². The molecule has 2 heterocycles. The maximum Gasteiger partial charge on any atom is 0.341 e. The molecule has 0 bridgehead atoms. The Labute approximate surface area is 172 Å². The summed E-state index contributed by atoms with van der Waals surface area (Å²) in [6.45, 7) is 5.57. The molecule has 1 aliphatic carbocycles. The van der Waals surface area contributed by atoms with Crippen LogP contribution < -0.4 is 5.32 Å². The fourth-order valence-electron chi connectivity index (χ4n) is 3.14. The Hall–Kier alpha value is -2.43. The molecule has 5 nitrogen and oxygen atoms in total. The maximum absolute atomic E-state index is 12.7. The third-order valence-electron chi connectivity index (χ3n) is 4.36. The Kier molecular flexibility index (Phi) is 6.32. The molecular formula is C21H22N2O3S2. The van der Waals surface area contributed by atoms with Crippen LogP contribution in [0.1, 0.15) is 57.2 Å². The zero-order chi connectivity index (χ0) is 20.3. The van der Waals surface area contributed by atoms with E-state index in [2.05, 4.69) is 5.32 Å². The lowest BCUT2D eigenvalue weighted by atomic mass is 9.95. The third-order valence-corrected chi connectivity index (χ3v) is 6.51. The SMILES string of the molecule is Cc1ccc(/C=C(\C#N)C(=O)Nc2sc3c(c2C(=O)OC(C)C)CCCC3)s1. The Balaban J connectivity index is 1.91. The van der Waals surface area contributed by atoms with Gasteiger partial charge < -0.3 is 10.1 Å². The number of hydrogen-bond acceptors (Lipinski definition) is 6. The lowest BCUT2D eigenvalue weighted by Gasteiger charge is -2.14. The van der Waals surface area contributed by atoms with Crippen molar-refractivity contribution in [2.75, 3.05) is 5.32 Å². The van der Waals surface area contributed by atoms with Crippen LogP contribution in [0.2, 0.25) is 0 Å². The van der Waals surface area contributed by atoms with Gasteiger partial charge in [0.2, 0.25) is 0 Å². The third kappa shape index (κ3) is 4.51. The summed E-state index contributed by atoms with van der Waals surface area (Å²) in [6, 6.07) is 5.78. The number of ether oxygens (including phenoxy) is 1. The van der Waals surface area contributed by atoms with E-state index in [0.717, 1.165) is 45.9 Å². The first-order chi connectivity index (χ1) is 13.4. The molecule has 2 aromatic heterocycles. The van der Waals surface area contributed by atoms with Crippen molar-refractivity contribution in [3.8, 4) is 6.07 Å². The first-order valence-corrected chi connectivity index (χ1v) is 10.9. The van der Waals surface area contributed by atoms with Gasteiger partial charge in [0, 0.05) is 14.6 Å². The second-order valence-electron chi connectivity index (χ2n) is 6.94. The van der Waals surface area contributed by atoms with Crippen LogP contribution in [0, 0.1) is 18.3 Å². The molecule has 0 unspecified atom stereocenters. The van der Waals surface area contributed by atoms with Crippen molar-refractivity contribution in [2.45, 2.75) is 52.6 Å². The molecule has 0 aromatic carbocycles. The number of nitrogens with one attached hydrogen (secondary N) is 1. The molecule has 0 atom stereocenters. The number of carbonyl (C=O) groups is 2. The lowest BCUT2D eigenvalue weighted by molar-refractivity contribution is -0.112. The Morgan fingerprint density at radius 2 is 2.00 bits per heavy atom. The van der Waals surface area contributed by atoms with Crippen LogP contribution in [0.3, 0.4) is 0 Å². The molecule has 1 aliphatic rings. The molecule has 28 heavy (non-hydrogen) atoms. The molecule has 0 aliphatic heterocycles. The highest BCUT2D eigenvalue weighted by molar-refractivity contribution is 7.17. The van der Waals surface area contributed by atoms with Gasteiger partial charge in [0.05, 0.1) is 11.7 Å². The van der Waals surface area contributed by atoms with Gasteiger partial charge in [-0.1, -0.05) is 0 Å². The van der Waals surface area contributed by atoms with Crippen molar-refractivity contribution >= 4 is 45.6 Å². The summed E-state index contributed by atoms with van der Waals surface area (Å²) in [4.78, 5) is 28.5. The average Bonchev–Trinajstić information content (AvgIpc) is 3.21. The number of amides is 1. The predicted molar refractivity (Wildman–Crippen MR) is 113 cm³/mol. The van der Waals surface area contributed by atoms with E-state index >= 15 is 0 Å². The van der Waals surface area contributed by atoms with Gasteiger partial charge in [-0.15, -0.1) is 22.7 Å². The molecule has 1 N–H and O–H groups in total. The van der Waals surface area contributed by atoms with Gasteiger partial charge in [-0.25, -0.2) is 4.79 Å². The van der Waals surface area contributed by atoms with Crippen LogP contribution in [0.5, 0.6) is 0 Å². The number of aryl methyl sites for hydroxylation is 2. The van der Waals surface area contributed by atoms with Gasteiger partial charge in [-0.3, -0.25) is 4.79 Å². The van der Waals surface area contributed by atoms with E-state index in [1.165, 1.54) is 22.7 Å². The van der Waals surface area contributed by atoms with Crippen LogP contribution in [0.4, 0.5) is 5.00 Å². The minimum Gasteiger partial charge on any atom is -0.459 e. The summed E-state index contributed by atoms with van der Waals surface area (Å²) < 4.78 is 5.41. The predicted octanol–water partition coefficient (Wildman–Crippen LogP) is 5.11. The van der Waals surface area contributed by atoms with E-state index < -0.39 is 11.9 Å². The fourth-order valence-corrected chi connectivity index (χ4v) is 5.23. The van der Waals surface area contributed by atoms with E-state index in [9.17, 15) is 14.9 Å². The van der Waals surface area contributed by atoms with Gasteiger partial charge in [-0.05, 0) is 70.2 Å². The summed E-state index contributed by atoms with van der Waals surface area (Å²) in [6.07, 6.45) is 5.12. The number of nitrogens with zero attached hydrogens (tertiary/aromatic N) is 1. The van der Waals surface area contributed by atoms with E-state index in [1.54, 1.807) is 19.9 Å². The Morgan fingerprint density at radius 3 is 2.64 bits per heavy atom. The molecule has 0 radical (unpaired) electrons. The van der Waals surface area contributed by atoms with Gasteiger partial charge in [0.25, 0.3) is 5.91 Å². The number of hydrogen-bond donors (Lipinski definition) is 1. The number of esters is 1. The minimum absolute atomic E-state index is 0.0106. The number of carbonyl (C=O) groups excluding carboxylic acids is 2. The summed E-state index contributed by atoms with van der Waals surface area (Å²) in [5.74, 6) is -0.924. The van der Waals surface area contributed by atoms with Crippen LogP contribution in [0.15, 0.2) is 17.7 Å². The van der Waals surface area contributed by atoms with Gasteiger partial charge in [0.15, 0.2) is 0 Å². The number of rotatable bonds is 5. The number of anilines is 1.